The van der Waals surface area contributed by atoms with Crippen LogP contribution >= 0.6 is 0 Å². The fourth-order valence-corrected chi connectivity index (χ4v) is 1.57. The van der Waals surface area contributed by atoms with Crippen LogP contribution in [0, 0.1) is 11.8 Å². The molecule has 2 heteroatoms. The predicted octanol–water partition coefficient (Wildman–Crippen LogP) is 1.80. The molecular weight excluding hydrogens is 152 g/mol. The van der Waals surface area contributed by atoms with Crippen molar-refractivity contribution in [2.24, 2.45) is 11.8 Å². The third kappa shape index (κ3) is 4.73. The van der Waals surface area contributed by atoms with E-state index in [1.807, 2.05) is 6.92 Å². The van der Waals surface area contributed by atoms with E-state index >= 15 is 0 Å². The summed E-state index contributed by atoms with van der Waals surface area (Å²) in [5.74, 6) is 0.878. The Morgan fingerprint density at radius 1 is 1.25 bits per heavy atom. The molecule has 0 saturated carbocycles. The average molecular weight is 174 g/mol. The van der Waals surface area contributed by atoms with Crippen LogP contribution in [0.25, 0.3) is 0 Å². The van der Waals surface area contributed by atoms with Crippen molar-refractivity contribution in [3.05, 3.63) is 0 Å². The smallest absolute Gasteiger partial charge is 0.0566 e. The van der Waals surface area contributed by atoms with Gasteiger partial charge in [0.1, 0.15) is 0 Å². The van der Waals surface area contributed by atoms with Crippen LogP contribution < -0.4 is 0 Å². The van der Waals surface area contributed by atoms with Crippen molar-refractivity contribution in [3.8, 4) is 0 Å². The Hall–Kier alpha value is -0.0800. The molecule has 0 radical (unpaired) electrons. The van der Waals surface area contributed by atoms with Crippen molar-refractivity contribution in [2.45, 2.75) is 46.1 Å². The molecule has 0 heterocycles. The summed E-state index contributed by atoms with van der Waals surface area (Å²) >= 11 is 0. The number of hydrogen-bond acceptors (Lipinski definition) is 2. The van der Waals surface area contributed by atoms with Crippen LogP contribution in [0.3, 0.4) is 0 Å². The van der Waals surface area contributed by atoms with Gasteiger partial charge in [0.25, 0.3) is 0 Å². The van der Waals surface area contributed by atoms with Crippen LogP contribution in [0.4, 0.5) is 0 Å². The van der Waals surface area contributed by atoms with Crippen molar-refractivity contribution in [1.82, 2.24) is 0 Å². The van der Waals surface area contributed by atoms with Crippen LogP contribution in [0.1, 0.15) is 40.0 Å². The molecule has 2 atom stereocenters. The minimum absolute atomic E-state index is 0.189. The van der Waals surface area contributed by atoms with Crippen LogP contribution in [0.2, 0.25) is 0 Å². The summed E-state index contributed by atoms with van der Waals surface area (Å²) in [6.45, 7) is 6.46. The molecule has 2 unspecified atom stereocenters. The molecule has 0 aromatic heterocycles. The normalized spacial score (nSPS) is 16.5. The van der Waals surface area contributed by atoms with E-state index in [4.69, 9.17) is 5.11 Å². The highest BCUT2D eigenvalue weighted by atomic mass is 16.3. The first-order chi connectivity index (χ1) is 5.61. The van der Waals surface area contributed by atoms with E-state index in [1.165, 1.54) is 0 Å². The molecular formula is C10H22O2. The Kier molecular flexibility index (Phi) is 6.39. The Bertz CT molecular complexity index is 102. The van der Waals surface area contributed by atoms with Gasteiger partial charge in [-0.05, 0) is 31.1 Å². The standard InChI is InChI=1S/C10H22O2/c1-4-10(12)9(5-6-11)7-8(2)3/h8-12H,4-7H2,1-3H3. The van der Waals surface area contributed by atoms with E-state index in [1.54, 1.807) is 0 Å². The minimum atomic E-state index is -0.237. The number of aliphatic hydroxyl groups is 2. The van der Waals surface area contributed by atoms with E-state index < -0.39 is 0 Å². The van der Waals surface area contributed by atoms with Gasteiger partial charge in [-0.15, -0.1) is 0 Å². The lowest BCUT2D eigenvalue weighted by atomic mass is 9.88. The summed E-state index contributed by atoms with van der Waals surface area (Å²) < 4.78 is 0. The monoisotopic (exact) mass is 174 g/mol. The zero-order chi connectivity index (χ0) is 9.56. The molecule has 12 heavy (non-hydrogen) atoms. The van der Waals surface area contributed by atoms with Gasteiger partial charge in [0.05, 0.1) is 6.10 Å². The summed E-state index contributed by atoms with van der Waals surface area (Å²) in [5, 5.41) is 18.4. The van der Waals surface area contributed by atoms with Crippen molar-refractivity contribution < 1.29 is 10.2 Å². The Morgan fingerprint density at radius 2 is 1.83 bits per heavy atom. The lowest BCUT2D eigenvalue weighted by Gasteiger charge is -2.22. The first kappa shape index (κ1) is 11.9. The fourth-order valence-electron chi connectivity index (χ4n) is 1.57. The van der Waals surface area contributed by atoms with Crippen molar-refractivity contribution >= 4 is 0 Å². The van der Waals surface area contributed by atoms with E-state index in [-0.39, 0.29) is 18.6 Å². The topological polar surface area (TPSA) is 40.5 Å². The molecule has 0 aliphatic heterocycles. The minimum Gasteiger partial charge on any atom is -0.396 e. The first-order valence-corrected chi connectivity index (χ1v) is 4.90. The zero-order valence-electron chi connectivity index (χ0n) is 8.45. The fraction of sp³-hybridized carbons (Fsp3) is 1.00. The van der Waals surface area contributed by atoms with Crippen LogP contribution in [-0.4, -0.2) is 22.9 Å². The Labute approximate surface area is 75.6 Å². The number of aliphatic hydroxyl groups excluding tert-OH is 2. The third-order valence-electron chi connectivity index (χ3n) is 2.24. The largest absolute Gasteiger partial charge is 0.396 e. The quantitative estimate of drug-likeness (QED) is 0.644. The molecule has 2 N–H and O–H groups in total. The van der Waals surface area contributed by atoms with Crippen LogP contribution in [-0.2, 0) is 0 Å². The molecule has 0 aliphatic carbocycles. The van der Waals surface area contributed by atoms with E-state index in [0.717, 1.165) is 19.3 Å². The summed E-state index contributed by atoms with van der Waals surface area (Å²) in [4.78, 5) is 0. The second kappa shape index (κ2) is 6.44. The maximum atomic E-state index is 9.59. The second-order valence-electron chi connectivity index (χ2n) is 3.88. The second-order valence-corrected chi connectivity index (χ2v) is 3.88. The third-order valence-corrected chi connectivity index (χ3v) is 2.24. The summed E-state index contributed by atoms with van der Waals surface area (Å²) in [6, 6.07) is 0. The molecule has 0 rings (SSSR count). The van der Waals surface area contributed by atoms with Gasteiger partial charge < -0.3 is 10.2 Å². The summed E-state index contributed by atoms with van der Waals surface area (Å²) in [5.41, 5.74) is 0. The molecule has 0 bridgehead atoms. The van der Waals surface area contributed by atoms with Gasteiger partial charge in [-0.2, -0.15) is 0 Å². The number of rotatable bonds is 6. The Morgan fingerprint density at radius 3 is 2.17 bits per heavy atom. The van der Waals surface area contributed by atoms with Gasteiger partial charge in [-0.1, -0.05) is 20.8 Å². The summed E-state index contributed by atoms with van der Waals surface area (Å²) in [6.07, 6.45) is 2.29. The molecule has 2 nitrogen and oxygen atoms in total. The Balaban J connectivity index is 3.84. The van der Waals surface area contributed by atoms with Gasteiger partial charge in [0.2, 0.25) is 0 Å². The molecule has 0 saturated heterocycles. The maximum Gasteiger partial charge on any atom is 0.0566 e. The van der Waals surface area contributed by atoms with Gasteiger partial charge >= 0.3 is 0 Å². The van der Waals surface area contributed by atoms with Gasteiger partial charge in [0.15, 0.2) is 0 Å². The molecule has 0 amide bonds. The van der Waals surface area contributed by atoms with E-state index in [9.17, 15) is 5.11 Å². The molecule has 0 aromatic carbocycles. The molecule has 74 valence electrons. The van der Waals surface area contributed by atoms with Gasteiger partial charge in [-0.3, -0.25) is 0 Å². The molecule has 0 aliphatic rings. The first-order valence-electron chi connectivity index (χ1n) is 4.90. The van der Waals surface area contributed by atoms with E-state index in [0.29, 0.717) is 5.92 Å². The average Bonchev–Trinajstić information content (AvgIpc) is 2.01. The van der Waals surface area contributed by atoms with Crippen LogP contribution in [0.15, 0.2) is 0 Å². The number of hydrogen-bond donors (Lipinski definition) is 2. The van der Waals surface area contributed by atoms with Crippen molar-refractivity contribution in [1.29, 1.82) is 0 Å². The van der Waals surface area contributed by atoms with Gasteiger partial charge in [0, 0.05) is 6.61 Å². The van der Waals surface area contributed by atoms with Crippen molar-refractivity contribution in [2.75, 3.05) is 6.61 Å². The lowest BCUT2D eigenvalue weighted by molar-refractivity contribution is 0.0741. The molecule has 0 fully saturated rings. The van der Waals surface area contributed by atoms with Crippen molar-refractivity contribution in [3.63, 3.8) is 0 Å². The summed E-state index contributed by atoms with van der Waals surface area (Å²) in [7, 11) is 0. The highest BCUT2D eigenvalue weighted by Gasteiger charge is 2.17. The maximum absolute atomic E-state index is 9.59. The molecule has 0 aromatic rings. The highest BCUT2D eigenvalue weighted by molar-refractivity contribution is 4.68. The van der Waals surface area contributed by atoms with E-state index in [2.05, 4.69) is 13.8 Å². The zero-order valence-corrected chi connectivity index (χ0v) is 8.45. The molecule has 0 spiro atoms. The predicted molar refractivity (Wildman–Crippen MR) is 50.9 cm³/mol. The van der Waals surface area contributed by atoms with Crippen LogP contribution in [0.5, 0.6) is 0 Å². The SMILES string of the molecule is CCC(O)C(CCO)CC(C)C. The van der Waals surface area contributed by atoms with Gasteiger partial charge in [-0.25, -0.2) is 0 Å². The highest BCUT2D eigenvalue weighted by Crippen LogP contribution is 2.20. The lowest BCUT2D eigenvalue weighted by Crippen LogP contribution is -2.22.